The minimum absolute atomic E-state index is 0.0236. The minimum Gasteiger partial charge on any atom is -0.497 e. The van der Waals surface area contributed by atoms with Crippen LogP contribution in [0.2, 0.25) is 0 Å². The van der Waals surface area contributed by atoms with Crippen LogP contribution in [0.4, 0.5) is 0 Å². The summed E-state index contributed by atoms with van der Waals surface area (Å²) in [6.07, 6.45) is 1.34. The first-order valence-electron chi connectivity index (χ1n) is 5.20. The second-order valence-electron chi connectivity index (χ2n) is 3.32. The molecule has 0 saturated carbocycles. The molecule has 0 aliphatic carbocycles. The zero-order valence-electron chi connectivity index (χ0n) is 10.3. The van der Waals surface area contributed by atoms with E-state index in [-0.39, 0.29) is 17.7 Å². The highest BCUT2D eigenvalue weighted by atomic mass is 16.6. The lowest BCUT2D eigenvalue weighted by atomic mass is 10.2. The normalized spacial score (nSPS) is 9.44. The van der Waals surface area contributed by atoms with Crippen molar-refractivity contribution in [2.75, 3.05) is 14.2 Å². The van der Waals surface area contributed by atoms with Gasteiger partial charge in [-0.25, -0.2) is 4.79 Å². The van der Waals surface area contributed by atoms with Crippen LogP contribution < -0.4 is 9.47 Å². The predicted octanol–water partition coefficient (Wildman–Crippen LogP) is 1.96. The number of esters is 2. The molecule has 0 aromatic heterocycles. The Kier molecular flexibility index (Phi) is 4.92. The van der Waals surface area contributed by atoms with Gasteiger partial charge in [0.2, 0.25) is 0 Å². The molecular formula is C13H14O5. The molecular weight excluding hydrogens is 236 g/mol. The Labute approximate surface area is 105 Å². The molecule has 0 aliphatic heterocycles. The van der Waals surface area contributed by atoms with E-state index in [0.717, 1.165) is 0 Å². The largest absolute Gasteiger partial charge is 0.497 e. The molecule has 0 saturated heterocycles. The summed E-state index contributed by atoms with van der Waals surface area (Å²) in [6, 6.07) is 4.59. The number of methoxy groups -OCH3 is 2. The van der Waals surface area contributed by atoms with Gasteiger partial charge in [-0.05, 0) is 12.1 Å². The first-order valence-corrected chi connectivity index (χ1v) is 5.20. The van der Waals surface area contributed by atoms with Gasteiger partial charge < -0.3 is 14.2 Å². The molecule has 0 fully saturated rings. The van der Waals surface area contributed by atoms with Crippen LogP contribution in [-0.4, -0.2) is 26.2 Å². The fourth-order valence-corrected chi connectivity index (χ4v) is 1.29. The zero-order chi connectivity index (χ0) is 13.5. The summed E-state index contributed by atoms with van der Waals surface area (Å²) in [5.74, 6) is -0.596. The molecule has 0 aliphatic rings. The number of benzene rings is 1. The quantitative estimate of drug-likeness (QED) is 0.454. The molecule has 0 spiro atoms. The van der Waals surface area contributed by atoms with Gasteiger partial charge in [-0.15, -0.1) is 6.58 Å². The summed E-state index contributed by atoms with van der Waals surface area (Å²) < 4.78 is 14.7. The minimum atomic E-state index is -0.763. The second-order valence-corrected chi connectivity index (χ2v) is 3.32. The van der Waals surface area contributed by atoms with E-state index >= 15 is 0 Å². The van der Waals surface area contributed by atoms with E-state index in [2.05, 4.69) is 11.3 Å². The summed E-state index contributed by atoms with van der Waals surface area (Å²) in [5.41, 5.74) is 0.163. The van der Waals surface area contributed by atoms with Gasteiger partial charge in [0.05, 0.1) is 20.6 Å². The summed E-state index contributed by atoms with van der Waals surface area (Å²) >= 11 is 0. The molecule has 18 heavy (non-hydrogen) atoms. The van der Waals surface area contributed by atoms with E-state index in [9.17, 15) is 9.59 Å². The number of ether oxygens (including phenoxy) is 3. The fraction of sp³-hybridized carbons (Fsp3) is 0.231. The number of rotatable bonds is 5. The molecule has 0 amide bonds. The molecule has 0 atom stereocenters. The Morgan fingerprint density at radius 2 is 2.00 bits per heavy atom. The van der Waals surface area contributed by atoms with Gasteiger partial charge in [0, 0.05) is 6.07 Å². The predicted molar refractivity (Wildman–Crippen MR) is 64.8 cm³/mol. The summed E-state index contributed by atoms with van der Waals surface area (Å²) in [5, 5.41) is 0. The molecule has 1 rings (SSSR count). The molecule has 96 valence electrons. The van der Waals surface area contributed by atoms with Crippen LogP contribution in [0.3, 0.4) is 0 Å². The second kappa shape index (κ2) is 6.44. The summed E-state index contributed by atoms with van der Waals surface area (Å²) in [7, 11) is 2.91. The zero-order valence-corrected chi connectivity index (χ0v) is 10.3. The molecule has 0 radical (unpaired) electrons. The van der Waals surface area contributed by atoms with E-state index in [1.54, 1.807) is 6.07 Å². The van der Waals surface area contributed by atoms with Crippen molar-refractivity contribution in [2.24, 2.45) is 0 Å². The number of carbonyl (C=O) groups excluding carboxylic acids is 2. The molecule has 0 unspecified atom stereocenters. The average Bonchev–Trinajstić information content (AvgIpc) is 2.38. The smallest absolute Gasteiger partial charge is 0.349 e. The molecule has 5 nitrogen and oxygen atoms in total. The van der Waals surface area contributed by atoms with E-state index in [4.69, 9.17) is 9.47 Å². The van der Waals surface area contributed by atoms with Crippen molar-refractivity contribution < 1.29 is 23.8 Å². The highest BCUT2D eigenvalue weighted by Crippen LogP contribution is 2.25. The Balaban J connectivity index is 2.91. The van der Waals surface area contributed by atoms with Crippen molar-refractivity contribution in [3.05, 3.63) is 36.4 Å². The van der Waals surface area contributed by atoms with Crippen LogP contribution >= 0.6 is 0 Å². The first kappa shape index (κ1) is 13.8. The third-order valence-electron chi connectivity index (χ3n) is 2.15. The Bertz CT molecular complexity index is 464. The standard InChI is InChI=1S/C13H14O5/c1-4-5-12(14)18-13(15)10-7-6-9(16-2)8-11(10)17-3/h4,6-8H,1,5H2,2-3H3. The Morgan fingerprint density at radius 1 is 1.28 bits per heavy atom. The maximum atomic E-state index is 11.7. The molecule has 1 aromatic rings. The van der Waals surface area contributed by atoms with Crippen LogP contribution in [-0.2, 0) is 9.53 Å². The molecule has 0 heterocycles. The van der Waals surface area contributed by atoms with E-state index in [0.29, 0.717) is 5.75 Å². The van der Waals surface area contributed by atoms with Crippen molar-refractivity contribution in [3.8, 4) is 11.5 Å². The number of hydrogen-bond donors (Lipinski definition) is 0. The SMILES string of the molecule is C=CCC(=O)OC(=O)c1ccc(OC)cc1OC. The van der Waals surface area contributed by atoms with Crippen molar-refractivity contribution in [2.45, 2.75) is 6.42 Å². The van der Waals surface area contributed by atoms with E-state index in [1.165, 1.54) is 32.4 Å². The summed E-state index contributed by atoms with van der Waals surface area (Å²) in [6.45, 7) is 3.38. The highest BCUT2D eigenvalue weighted by molar-refractivity contribution is 5.99. The van der Waals surface area contributed by atoms with Crippen molar-refractivity contribution in [3.63, 3.8) is 0 Å². The topological polar surface area (TPSA) is 61.8 Å². The number of carbonyl (C=O) groups is 2. The lowest BCUT2D eigenvalue weighted by Crippen LogP contribution is -2.12. The van der Waals surface area contributed by atoms with Gasteiger partial charge in [0.15, 0.2) is 0 Å². The first-order chi connectivity index (χ1) is 8.62. The van der Waals surface area contributed by atoms with Gasteiger partial charge >= 0.3 is 11.9 Å². The Hall–Kier alpha value is -2.30. The van der Waals surface area contributed by atoms with Gasteiger partial charge in [-0.2, -0.15) is 0 Å². The van der Waals surface area contributed by atoms with E-state index in [1.807, 2.05) is 0 Å². The molecule has 1 aromatic carbocycles. The van der Waals surface area contributed by atoms with Crippen LogP contribution in [0, 0.1) is 0 Å². The van der Waals surface area contributed by atoms with Crippen LogP contribution in [0.15, 0.2) is 30.9 Å². The summed E-state index contributed by atoms with van der Waals surface area (Å²) in [4.78, 5) is 22.9. The van der Waals surface area contributed by atoms with Gasteiger partial charge in [-0.3, -0.25) is 4.79 Å². The molecule has 0 bridgehead atoms. The van der Waals surface area contributed by atoms with Crippen LogP contribution in [0.25, 0.3) is 0 Å². The highest BCUT2D eigenvalue weighted by Gasteiger charge is 2.17. The van der Waals surface area contributed by atoms with Crippen LogP contribution in [0.5, 0.6) is 11.5 Å². The average molecular weight is 250 g/mol. The van der Waals surface area contributed by atoms with Crippen molar-refractivity contribution >= 4 is 11.9 Å². The Morgan fingerprint density at radius 3 is 2.56 bits per heavy atom. The molecule has 5 heteroatoms. The third-order valence-corrected chi connectivity index (χ3v) is 2.15. The lowest BCUT2D eigenvalue weighted by molar-refractivity contribution is -0.136. The van der Waals surface area contributed by atoms with Gasteiger partial charge in [-0.1, -0.05) is 6.08 Å². The lowest BCUT2D eigenvalue weighted by Gasteiger charge is -2.09. The van der Waals surface area contributed by atoms with Gasteiger partial charge in [0.25, 0.3) is 0 Å². The third kappa shape index (κ3) is 3.35. The molecule has 0 N–H and O–H groups in total. The maximum Gasteiger partial charge on any atom is 0.349 e. The van der Waals surface area contributed by atoms with Gasteiger partial charge in [0.1, 0.15) is 17.1 Å². The monoisotopic (exact) mass is 250 g/mol. The van der Waals surface area contributed by atoms with Crippen molar-refractivity contribution in [1.82, 2.24) is 0 Å². The van der Waals surface area contributed by atoms with E-state index < -0.39 is 11.9 Å². The van der Waals surface area contributed by atoms with Crippen LogP contribution in [0.1, 0.15) is 16.8 Å². The number of hydrogen-bond acceptors (Lipinski definition) is 5. The maximum absolute atomic E-state index is 11.7. The van der Waals surface area contributed by atoms with Crippen molar-refractivity contribution in [1.29, 1.82) is 0 Å². The fourth-order valence-electron chi connectivity index (χ4n) is 1.29.